The van der Waals surface area contributed by atoms with Crippen LogP contribution >= 0.6 is 11.6 Å². The van der Waals surface area contributed by atoms with Crippen LogP contribution in [0, 0.1) is 5.82 Å². The van der Waals surface area contributed by atoms with Crippen LogP contribution in [0.15, 0.2) is 83.8 Å². The van der Waals surface area contributed by atoms with Crippen molar-refractivity contribution in [1.29, 1.82) is 0 Å². The predicted molar refractivity (Wildman–Crippen MR) is 119 cm³/mol. The van der Waals surface area contributed by atoms with E-state index < -0.39 is 28.0 Å². The van der Waals surface area contributed by atoms with E-state index in [9.17, 15) is 17.6 Å². The summed E-state index contributed by atoms with van der Waals surface area (Å²) in [7, 11) is -3.97. The molecule has 0 aliphatic rings. The summed E-state index contributed by atoms with van der Waals surface area (Å²) in [6, 6.07) is 19.1. The Bertz CT molecular complexity index is 1120. The number of nitrogens with one attached hydrogen (secondary N) is 2. The minimum Gasteiger partial charge on any atom is -0.348 e. The van der Waals surface area contributed by atoms with Crippen molar-refractivity contribution in [2.75, 3.05) is 0 Å². The second kappa shape index (κ2) is 10.0. The zero-order chi connectivity index (χ0) is 22.4. The summed E-state index contributed by atoms with van der Waals surface area (Å²) in [5, 5.41) is 3.22. The van der Waals surface area contributed by atoms with E-state index in [1.165, 1.54) is 36.4 Å². The SMILES string of the molecule is C[C@@H](NC(=O)[C@H](Cc1ccccc1)NS(=O)(=O)c1ccc(Cl)cc1)c1ccc(F)cc1. The second-order valence-electron chi connectivity index (χ2n) is 7.10. The number of benzene rings is 3. The first-order chi connectivity index (χ1) is 14.7. The summed E-state index contributed by atoms with van der Waals surface area (Å²) in [5.41, 5.74) is 1.50. The Morgan fingerprint density at radius 2 is 1.58 bits per heavy atom. The molecule has 31 heavy (non-hydrogen) atoms. The van der Waals surface area contributed by atoms with Crippen LogP contribution < -0.4 is 10.0 Å². The molecule has 0 bridgehead atoms. The van der Waals surface area contributed by atoms with Gasteiger partial charge in [0.1, 0.15) is 11.9 Å². The highest BCUT2D eigenvalue weighted by atomic mass is 35.5. The molecule has 8 heteroatoms. The topological polar surface area (TPSA) is 75.3 Å². The lowest BCUT2D eigenvalue weighted by Gasteiger charge is -2.22. The molecule has 1 amide bonds. The van der Waals surface area contributed by atoms with E-state index in [0.29, 0.717) is 10.6 Å². The Hall–Kier alpha value is -2.74. The molecule has 0 aromatic heterocycles. The van der Waals surface area contributed by atoms with E-state index in [2.05, 4.69) is 10.0 Å². The van der Waals surface area contributed by atoms with Crippen molar-refractivity contribution >= 4 is 27.5 Å². The Labute approximate surface area is 186 Å². The average molecular weight is 461 g/mol. The highest BCUT2D eigenvalue weighted by molar-refractivity contribution is 7.89. The van der Waals surface area contributed by atoms with Crippen LogP contribution in [0.2, 0.25) is 5.02 Å². The molecular weight excluding hydrogens is 439 g/mol. The maximum Gasteiger partial charge on any atom is 0.241 e. The number of hydrogen-bond acceptors (Lipinski definition) is 3. The molecule has 0 radical (unpaired) electrons. The summed E-state index contributed by atoms with van der Waals surface area (Å²) in [6.07, 6.45) is 0.162. The van der Waals surface area contributed by atoms with Crippen molar-refractivity contribution in [3.63, 3.8) is 0 Å². The van der Waals surface area contributed by atoms with Crippen molar-refractivity contribution in [2.45, 2.75) is 30.3 Å². The molecule has 2 N–H and O–H groups in total. The van der Waals surface area contributed by atoms with Crippen molar-refractivity contribution in [3.05, 3.63) is 101 Å². The lowest BCUT2D eigenvalue weighted by Crippen LogP contribution is -2.48. The maximum atomic E-state index is 13.2. The highest BCUT2D eigenvalue weighted by Gasteiger charge is 2.27. The van der Waals surface area contributed by atoms with Gasteiger partial charge in [0.05, 0.1) is 10.9 Å². The lowest BCUT2D eigenvalue weighted by molar-refractivity contribution is -0.123. The molecule has 162 valence electrons. The molecule has 3 aromatic rings. The van der Waals surface area contributed by atoms with Gasteiger partial charge in [-0.1, -0.05) is 54.1 Å². The fourth-order valence-corrected chi connectivity index (χ4v) is 4.38. The second-order valence-corrected chi connectivity index (χ2v) is 9.25. The summed E-state index contributed by atoms with van der Waals surface area (Å²) in [4.78, 5) is 13.0. The molecule has 0 saturated heterocycles. The van der Waals surface area contributed by atoms with E-state index in [-0.39, 0.29) is 17.1 Å². The van der Waals surface area contributed by atoms with Crippen molar-refractivity contribution in [2.24, 2.45) is 0 Å². The van der Waals surface area contributed by atoms with Gasteiger partial charge < -0.3 is 5.32 Å². The molecule has 0 aliphatic heterocycles. The minimum atomic E-state index is -3.97. The summed E-state index contributed by atoms with van der Waals surface area (Å²) < 4.78 is 41.4. The Morgan fingerprint density at radius 1 is 0.968 bits per heavy atom. The minimum absolute atomic E-state index is 0.00865. The van der Waals surface area contributed by atoms with E-state index in [1.54, 1.807) is 19.1 Å². The first kappa shape index (κ1) is 22.9. The summed E-state index contributed by atoms with van der Waals surface area (Å²) in [6.45, 7) is 1.75. The third kappa shape index (κ3) is 6.37. The zero-order valence-electron chi connectivity index (χ0n) is 16.8. The number of halogens is 2. The molecule has 5 nitrogen and oxygen atoms in total. The summed E-state index contributed by atoms with van der Waals surface area (Å²) >= 11 is 5.85. The number of amides is 1. The van der Waals surface area contributed by atoms with E-state index in [0.717, 1.165) is 5.56 Å². The van der Waals surface area contributed by atoms with Crippen LogP contribution in [0.25, 0.3) is 0 Å². The largest absolute Gasteiger partial charge is 0.348 e. The molecule has 0 fully saturated rings. The van der Waals surface area contributed by atoms with Crippen LogP contribution in [0.1, 0.15) is 24.1 Å². The number of hydrogen-bond donors (Lipinski definition) is 2. The lowest BCUT2D eigenvalue weighted by atomic mass is 10.0. The van der Waals surface area contributed by atoms with Crippen LogP contribution in [-0.4, -0.2) is 20.4 Å². The molecule has 3 rings (SSSR count). The van der Waals surface area contributed by atoms with Gasteiger partial charge in [-0.05, 0) is 60.9 Å². The number of carbonyl (C=O) groups excluding carboxylic acids is 1. The Kier molecular flexibility index (Phi) is 7.43. The first-order valence-electron chi connectivity index (χ1n) is 9.62. The van der Waals surface area contributed by atoms with E-state index >= 15 is 0 Å². The van der Waals surface area contributed by atoms with Gasteiger partial charge in [-0.15, -0.1) is 0 Å². The van der Waals surface area contributed by atoms with Crippen molar-refractivity contribution in [1.82, 2.24) is 10.0 Å². The van der Waals surface area contributed by atoms with Gasteiger partial charge in [-0.3, -0.25) is 4.79 Å². The van der Waals surface area contributed by atoms with Gasteiger partial charge in [0, 0.05) is 5.02 Å². The fourth-order valence-electron chi connectivity index (χ4n) is 3.06. The molecular formula is C23H22ClFN2O3S. The molecule has 3 aromatic carbocycles. The smallest absolute Gasteiger partial charge is 0.241 e. The Morgan fingerprint density at radius 3 is 2.19 bits per heavy atom. The number of carbonyl (C=O) groups is 1. The number of rotatable bonds is 8. The van der Waals surface area contributed by atoms with Gasteiger partial charge in [0.25, 0.3) is 0 Å². The third-order valence-electron chi connectivity index (χ3n) is 4.75. The van der Waals surface area contributed by atoms with Crippen LogP contribution in [-0.2, 0) is 21.2 Å². The zero-order valence-corrected chi connectivity index (χ0v) is 18.3. The molecule has 0 unspecified atom stereocenters. The monoisotopic (exact) mass is 460 g/mol. The van der Waals surface area contributed by atoms with Gasteiger partial charge in [-0.25, -0.2) is 12.8 Å². The van der Waals surface area contributed by atoms with Gasteiger partial charge in [-0.2, -0.15) is 4.72 Å². The first-order valence-corrected chi connectivity index (χ1v) is 11.5. The fraction of sp³-hybridized carbons (Fsp3) is 0.174. The number of sulfonamides is 1. The predicted octanol–water partition coefficient (Wildman–Crippen LogP) is 4.25. The van der Waals surface area contributed by atoms with E-state index in [1.807, 2.05) is 30.3 Å². The van der Waals surface area contributed by atoms with Crippen molar-refractivity contribution in [3.8, 4) is 0 Å². The third-order valence-corrected chi connectivity index (χ3v) is 6.49. The molecule has 0 heterocycles. The highest BCUT2D eigenvalue weighted by Crippen LogP contribution is 2.17. The van der Waals surface area contributed by atoms with Gasteiger partial charge in [0.2, 0.25) is 15.9 Å². The Balaban J connectivity index is 1.82. The molecule has 2 atom stereocenters. The van der Waals surface area contributed by atoms with Crippen molar-refractivity contribution < 1.29 is 17.6 Å². The van der Waals surface area contributed by atoms with Crippen LogP contribution in [0.3, 0.4) is 0 Å². The molecule has 0 saturated carbocycles. The standard InChI is InChI=1S/C23H22ClFN2O3S/c1-16(18-7-11-20(25)12-8-18)26-23(28)22(15-17-5-3-2-4-6-17)27-31(29,30)21-13-9-19(24)10-14-21/h2-14,16,22,27H,15H2,1H3,(H,26,28)/t16-,22+/m1/s1. The summed E-state index contributed by atoms with van der Waals surface area (Å²) in [5.74, 6) is -0.863. The van der Waals surface area contributed by atoms with Gasteiger partial charge >= 0.3 is 0 Å². The van der Waals surface area contributed by atoms with Gasteiger partial charge in [0.15, 0.2) is 0 Å². The maximum absolute atomic E-state index is 13.2. The quantitative estimate of drug-likeness (QED) is 0.527. The molecule has 0 spiro atoms. The molecule has 0 aliphatic carbocycles. The van der Waals surface area contributed by atoms with Crippen LogP contribution in [0.5, 0.6) is 0 Å². The van der Waals surface area contributed by atoms with E-state index in [4.69, 9.17) is 11.6 Å². The average Bonchev–Trinajstić information content (AvgIpc) is 2.74. The normalized spacial score (nSPS) is 13.4. The van der Waals surface area contributed by atoms with Crippen LogP contribution in [0.4, 0.5) is 4.39 Å².